The molecule has 1 unspecified atom stereocenters. The van der Waals surface area contributed by atoms with Crippen LogP contribution < -0.4 is 4.90 Å². The van der Waals surface area contributed by atoms with Gasteiger partial charge in [-0.25, -0.2) is 0 Å². The van der Waals surface area contributed by atoms with Crippen molar-refractivity contribution in [2.24, 2.45) is 4.99 Å². The molecule has 2 aromatic carbocycles. The van der Waals surface area contributed by atoms with Crippen LogP contribution in [0.4, 0.5) is 11.4 Å². The van der Waals surface area contributed by atoms with Gasteiger partial charge in [0.2, 0.25) is 0 Å². The van der Waals surface area contributed by atoms with E-state index in [1.165, 1.54) is 17.7 Å². The van der Waals surface area contributed by atoms with Crippen molar-refractivity contribution in [3.8, 4) is 0 Å². The largest absolute Gasteiger partial charge is 0.369 e. The van der Waals surface area contributed by atoms with Crippen LogP contribution in [-0.4, -0.2) is 18.8 Å². The van der Waals surface area contributed by atoms with E-state index >= 15 is 0 Å². The van der Waals surface area contributed by atoms with Gasteiger partial charge >= 0.3 is 0 Å². The van der Waals surface area contributed by atoms with Gasteiger partial charge < -0.3 is 4.90 Å². The molecule has 3 heteroatoms. The number of fused-ring (bicyclic) bond motifs is 1. The zero-order valence-corrected chi connectivity index (χ0v) is 15.8. The van der Waals surface area contributed by atoms with E-state index in [-0.39, 0.29) is 5.54 Å². The topological polar surface area (TPSA) is 15.6 Å². The number of halogens is 1. The highest BCUT2D eigenvalue weighted by Crippen LogP contribution is 2.42. The third kappa shape index (κ3) is 3.35. The van der Waals surface area contributed by atoms with E-state index in [1.807, 2.05) is 30.5 Å². The number of hydrogen-bond donors (Lipinski definition) is 0. The summed E-state index contributed by atoms with van der Waals surface area (Å²) < 4.78 is 1.05. The summed E-state index contributed by atoms with van der Waals surface area (Å²) in [6, 6.07) is 14.7. The first-order chi connectivity index (χ1) is 10.9. The van der Waals surface area contributed by atoms with E-state index < -0.39 is 0 Å². The molecular weight excluding hydrogens is 348 g/mol. The van der Waals surface area contributed by atoms with Gasteiger partial charge in [-0.1, -0.05) is 35.0 Å². The average Bonchev–Trinajstić information content (AvgIpc) is 2.50. The lowest BCUT2D eigenvalue weighted by molar-refractivity contribution is 0.395. The molecule has 0 spiro atoms. The quantitative estimate of drug-likeness (QED) is 0.598. The minimum Gasteiger partial charge on any atom is -0.369 e. The minimum absolute atomic E-state index is 0.207. The number of benzene rings is 2. The third-order valence-electron chi connectivity index (χ3n) is 4.83. The van der Waals surface area contributed by atoms with Crippen molar-refractivity contribution in [3.63, 3.8) is 0 Å². The first kappa shape index (κ1) is 16.3. The molecule has 0 aromatic heterocycles. The second-order valence-corrected chi connectivity index (χ2v) is 7.95. The Morgan fingerprint density at radius 1 is 1.22 bits per heavy atom. The number of aliphatic imine (C=N–C) groups is 1. The van der Waals surface area contributed by atoms with Crippen LogP contribution in [0.25, 0.3) is 0 Å². The smallest absolute Gasteiger partial charge is 0.0641 e. The number of hydrogen-bond acceptors (Lipinski definition) is 2. The van der Waals surface area contributed by atoms with Crippen molar-refractivity contribution in [1.29, 1.82) is 0 Å². The van der Waals surface area contributed by atoms with Crippen LogP contribution >= 0.6 is 15.9 Å². The van der Waals surface area contributed by atoms with Crippen LogP contribution in [0, 0.1) is 0 Å². The monoisotopic (exact) mass is 370 g/mol. The lowest BCUT2D eigenvalue weighted by Crippen LogP contribution is -2.45. The molecule has 0 N–H and O–H groups in total. The SMILES string of the molecule is CC1CC(C)(C)N(C)c2ccc(C=Nc3cccc(Br)c3)cc21. The molecule has 3 rings (SSSR count). The summed E-state index contributed by atoms with van der Waals surface area (Å²) in [7, 11) is 2.19. The normalized spacial score (nSPS) is 19.9. The molecular formula is C20H23BrN2. The fourth-order valence-electron chi connectivity index (χ4n) is 3.38. The summed E-state index contributed by atoms with van der Waals surface area (Å²) in [5.74, 6) is 0.565. The van der Waals surface area contributed by atoms with Crippen LogP contribution in [0.3, 0.4) is 0 Å². The van der Waals surface area contributed by atoms with Gasteiger partial charge in [-0.3, -0.25) is 4.99 Å². The Morgan fingerprint density at radius 3 is 2.74 bits per heavy atom. The first-order valence-corrected chi connectivity index (χ1v) is 8.83. The van der Waals surface area contributed by atoms with Crippen LogP contribution in [0.2, 0.25) is 0 Å². The molecule has 2 aromatic rings. The highest BCUT2D eigenvalue weighted by atomic mass is 79.9. The van der Waals surface area contributed by atoms with Gasteiger partial charge in [-0.15, -0.1) is 0 Å². The zero-order valence-electron chi connectivity index (χ0n) is 14.2. The fraction of sp³-hybridized carbons (Fsp3) is 0.350. The second kappa shape index (κ2) is 6.12. The van der Waals surface area contributed by atoms with Gasteiger partial charge in [0, 0.05) is 29.0 Å². The van der Waals surface area contributed by atoms with Crippen LogP contribution in [0.5, 0.6) is 0 Å². The molecule has 0 fully saturated rings. The van der Waals surface area contributed by atoms with E-state index in [9.17, 15) is 0 Å². The van der Waals surface area contributed by atoms with Gasteiger partial charge in [0.05, 0.1) is 5.69 Å². The van der Waals surface area contributed by atoms with Gasteiger partial charge in [0.25, 0.3) is 0 Å². The molecule has 0 bridgehead atoms. The molecule has 1 aliphatic rings. The standard InChI is InChI=1S/C20H23BrN2/c1-14-12-20(2,3)23(4)19-9-8-15(10-18(14)19)13-22-17-7-5-6-16(21)11-17/h5-11,13-14H,12H2,1-4H3. The maximum absolute atomic E-state index is 4.59. The summed E-state index contributed by atoms with van der Waals surface area (Å²) in [6.07, 6.45) is 3.12. The molecule has 0 aliphatic carbocycles. The molecule has 0 amide bonds. The summed E-state index contributed by atoms with van der Waals surface area (Å²) >= 11 is 3.48. The Balaban J connectivity index is 1.91. The van der Waals surface area contributed by atoms with Crippen molar-refractivity contribution >= 4 is 33.5 Å². The zero-order chi connectivity index (χ0) is 16.6. The first-order valence-electron chi connectivity index (χ1n) is 8.04. The maximum Gasteiger partial charge on any atom is 0.0641 e. The fourth-order valence-corrected chi connectivity index (χ4v) is 3.77. The van der Waals surface area contributed by atoms with E-state index in [0.29, 0.717) is 5.92 Å². The van der Waals surface area contributed by atoms with Crippen molar-refractivity contribution in [2.75, 3.05) is 11.9 Å². The predicted octanol–water partition coefficient (Wildman–Crippen LogP) is 5.92. The van der Waals surface area contributed by atoms with Gasteiger partial charge in [-0.2, -0.15) is 0 Å². The van der Waals surface area contributed by atoms with E-state index in [1.54, 1.807) is 0 Å². The van der Waals surface area contributed by atoms with Crippen molar-refractivity contribution in [3.05, 3.63) is 58.1 Å². The lowest BCUT2D eigenvalue weighted by Gasteiger charge is -2.45. The van der Waals surface area contributed by atoms with Crippen LogP contribution in [0.1, 0.15) is 44.2 Å². The number of nitrogens with zero attached hydrogens (tertiary/aromatic N) is 2. The molecule has 1 heterocycles. The molecule has 1 aliphatic heterocycles. The van der Waals surface area contributed by atoms with Gasteiger partial charge in [0.1, 0.15) is 0 Å². The summed E-state index contributed by atoms with van der Waals surface area (Å²) in [5.41, 5.74) is 5.09. The van der Waals surface area contributed by atoms with Crippen molar-refractivity contribution in [1.82, 2.24) is 0 Å². The highest BCUT2D eigenvalue weighted by Gasteiger charge is 2.33. The number of anilines is 1. The Labute approximate surface area is 147 Å². The molecule has 1 atom stereocenters. The number of rotatable bonds is 2. The van der Waals surface area contributed by atoms with E-state index in [2.05, 4.69) is 71.8 Å². The van der Waals surface area contributed by atoms with Gasteiger partial charge in [-0.05, 0) is 67.6 Å². The van der Waals surface area contributed by atoms with Gasteiger partial charge in [0.15, 0.2) is 0 Å². The second-order valence-electron chi connectivity index (χ2n) is 7.03. The molecule has 120 valence electrons. The van der Waals surface area contributed by atoms with Crippen molar-refractivity contribution < 1.29 is 0 Å². The van der Waals surface area contributed by atoms with Crippen LogP contribution in [0.15, 0.2) is 51.9 Å². The van der Waals surface area contributed by atoms with Crippen molar-refractivity contribution in [2.45, 2.75) is 38.6 Å². The third-order valence-corrected chi connectivity index (χ3v) is 5.32. The van der Waals surface area contributed by atoms with E-state index in [0.717, 1.165) is 15.7 Å². The molecule has 0 saturated carbocycles. The predicted molar refractivity (Wildman–Crippen MR) is 103 cm³/mol. The molecule has 0 radical (unpaired) electrons. The Morgan fingerprint density at radius 2 is 2.00 bits per heavy atom. The summed E-state index contributed by atoms with van der Waals surface area (Å²) in [5, 5.41) is 0. The minimum atomic E-state index is 0.207. The molecule has 23 heavy (non-hydrogen) atoms. The van der Waals surface area contributed by atoms with Crippen LogP contribution in [-0.2, 0) is 0 Å². The highest BCUT2D eigenvalue weighted by molar-refractivity contribution is 9.10. The Hall–Kier alpha value is -1.61. The Kier molecular flexibility index (Phi) is 4.33. The molecule has 2 nitrogen and oxygen atoms in total. The summed E-state index contributed by atoms with van der Waals surface area (Å²) in [6.45, 7) is 6.95. The lowest BCUT2D eigenvalue weighted by atomic mass is 9.80. The molecule has 0 saturated heterocycles. The average molecular weight is 371 g/mol. The maximum atomic E-state index is 4.59. The Bertz CT molecular complexity index is 749. The van der Waals surface area contributed by atoms with E-state index in [4.69, 9.17) is 0 Å². The summed E-state index contributed by atoms with van der Waals surface area (Å²) in [4.78, 5) is 6.99.